The van der Waals surface area contributed by atoms with Crippen molar-refractivity contribution in [2.24, 2.45) is 5.73 Å². The maximum atomic E-state index is 13.4. The molecule has 1 unspecified atom stereocenters. The third-order valence-electron chi connectivity index (χ3n) is 5.76. The van der Waals surface area contributed by atoms with Gasteiger partial charge in [-0.05, 0) is 51.2 Å². The fourth-order valence-electron chi connectivity index (χ4n) is 3.95. The van der Waals surface area contributed by atoms with Gasteiger partial charge in [-0.1, -0.05) is 12.1 Å². The second-order valence-corrected chi connectivity index (χ2v) is 7.96. The first-order chi connectivity index (χ1) is 15.4. The molecule has 1 aliphatic rings. The van der Waals surface area contributed by atoms with Gasteiger partial charge in [0, 0.05) is 25.2 Å². The molecule has 0 spiro atoms. The van der Waals surface area contributed by atoms with E-state index in [9.17, 15) is 4.79 Å². The lowest BCUT2D eigenvalue weighted by atomic mass is 10.1. The number of methoxy groups -OCH3 is 3. The molecule has 2 aromatic rings. The molecule has 190 valence electrons. The van der Waals surface area contributed by atoms with Gasteiger partial charge in [0.15, 0.2) is 11.5 Å². The maximum Gasteiger partial charge on any atom is 0.257 e. The Balaban J connectivity index is 0.00000289. The minimum absolute atomic E-state index is 0. The van der Waals surface area contributed by atoms with Crippen molar-refractivity contribution < 1.29 is 23.7 Å². The summed E-state index contributed by atoms with van der Waals surface area (Å²) in [5.41, 5.74) is 7.13. The highest BCUT2D eigenvalue weighted by Gasteiger charge is 2.32. The Hall–Kier alpha value is -2.39. The lowest BCUT2D eigenvalue weighted by Crippen LogP contribution is -2.34. The molecule has 1 atom stereocenters. The second kappa shape index (κ2) is 13.5. The number of rotatable bonds is 9. The van der Waals surface area contributed by atoms with Gasteiger partial charge in [0.2, 0.25) is 11.5 Å². The maximum absolute atomic E-state index is 13.4. The van der Waals surface area contributed by atoms with Gasteiger partial charge in [-0.3, -0.25) is 4.79 Å². The van der Waals surface area contributed by atoms with Crippen LogP contribution < -0.4 is 24.7 Å². The van der Waals surface area contributed by atoms with Crippen molar-refractivity contribution in [2.75, 3.05) is 55.1 Å². The third kappa shape index (κ3) is 6.39. The summed E-state index contributed by atoms with van der Waals surface area (Å²) in [6.07, 6.45) is 1.72. The van der Waals surface area contributed by atoms with Gasteiger partial charge in [0.1, 0.15) is 5.75 Å². The summed E-state index contributed by atoms with van der Waals surface area (Å²) < 4.78 is 22.9. The van der Waals surface area contributed by atoms with E-state index < -0.39 is 0 Å². The van der Waals surface area contributed by atoms with Crippen LogP contribution in [0.4, 0.5) is 0 Å². The van der Waals surface area contributed by atoms with Crippen LogP contribution in [-0.4, -0.2) is 76.8 Å². The number of benzene rings is 2. The highest BCUT2D eigenvalue weighted by Crippen LogP contribution is 2.48. The van der Waals surface area contributed by atoms with Crippen molar-refractivity contribution in [3.8, 4) is 28.7 Å². The quantitative estimate of drug-likeness (QED) is 0.545. The molecule has 0 saturated carbocycles. The third-order valence-corrected chi connectivity index (χ3v) is 5.76. The van der Waals surface area contributed by atoms with Crippen LogP contribution >= 0.6 is 24.8 Å². The lowest BCUT2D eigenvalue weighted by Gasteiger charge is -2.23. The van der Waals surface area contributed by atoms with Crippen LogP contribution in [0.25, 0.3) is 0 Å². The van der Waals surface area contributed by atoms with Crippen molar-refractivity contribution in [1.29, 1.82) is 0 Å². The van der Waals surface area contributed by atoms with Gasteiger partial charge in [-0.2, -0.15) is 0 Å². The number of hydrogen-bond acceptors (Lipinski definition) is 7. The Bertz CT molecular complexity index is 941. The van der Waals surface area contributed by atoms with Gasteiger partial charge in [-0.15, -0.1) is 24.8 Å². The van der Waals surface area contributed by atoms with Gasteiger partial charge in [0.05, 0.1) is 26.9 Å². The molecule has 0 radical (unpaired) electrons. The van der Waals surface area contributed by atoms with Gasteiger partial charge < -0.3 is 34.5 Å². The monoisotopic (exact) mass is 515 g/mol. The molecule has 1 aliphatic heterocycles. The highest BCUT2D eigenvalue weighted by molar-refractivity contribution is 5.99. The van der Waals surface area contributed by atoms with Crippen LogP contribution in [0.1, 0.15) is 22.3 Å². The molecule has 2 aromatic carbocycles. The summed E-state index contributed by atoms with van der Waals surface area (Å²) in [5.74, 6) is 1.87. The predicted molar refractivity (Wildman–Crippen MR) is 138 cm³/mol. The summed E-state index contributed by atoms with van der Waals surface area (Å²) in [4.78, 5) is 17.4. The van der Waals surface area contributed by atoms with Crippen LogP contribution in [0.15, 0.2) is 30.3 Å². The molecular weight excluding hydrogens is 481 g/mol. The molecule has 1 fully saturated rings. The van der Waals surface area contributed by atoms with E-state index in [1.165, 1.54) is 21.3 Å². The van der Waals surface area contributed by atoms with E-state index in [1.807, 2.05) is 43.3 Å². The van der Waals surface area contributed by atoms with Crippen molar-refractivity contribution in [1.82, 2.24) is 9.80 Å². The van der Waals surface area contributed by atoms with Crippen LogP contribution in [0, 0.1) is 0 Å². The molecule has 10 heteroatoms. The first-order valence-electron chi connectivity index (χ1n) is 10.7. The first-order valence-corrected chi connectivity index (χ1v) is 10.7. The minimum Gasteiger partial charge on any atom is -0.492 e. The number of likely N-dealkylation sites (N-methyl/N-ethyl adjacent to an activating group) is 1. The standard InChI is InChI=1S/C24H33N3O5.2ClH/c1-26(2)17-11-13-27(15-17)24(28)19-14-20(22(30-4)23(31-5)21(19)29-3)32-18-8-6-16(7-9-18)10-12-25;;/h6-9,14,17H,10-13,15,25H2,1-5H3;2*1H. The Morgan fingerprint density at radius 2 is 1.65 bits per heavy atom. The van der Waals surface area contributed by atoms with E-state index in [2.05, 4.69) is 4.90 Å². The topological polar surface area (TPSA) is 86.5 Å². The average Bonchev–Trinajstić information content (AvgIpc) is 3.30. The molecule has 0 aliphatic carbocycles. The van der Waals surface area contributed by atoms with Crippen LogP contribution in [0.3, 0.4) is 0 Å². The van der Waals surface area contributed by atoms with Crippen LogP contribution in [0.2, 0.25) is 0 Å². The zero-order valence-corrected chi connectivity index (χ0v) is 22.0. The number of amides is 1. The second-order valence-electron chi connectivity index (χ2n) is 7.96. The lowest BCUT2D eigenvalue weighted by molar-refractivity contribution is 0.0778. The number of carbonyl (C=O) groups is 1. The molecule has 34 heavy (non-hydrogen) atoms. The zero-order chi connectivity index (χ0) is 23.3. The number of hydrogen-bond donors (Lipinski definition) is 1. The van der Waals surface area contributed by atoms with Gasteiger partial charge in [0.25, 0.3) is 5.91 Å². The van der Waals surface area contributed by atoms with E-state index in [0.717, 1.165) is 18.4 Å². The van der Waals surface area contributed by atoms with E-state index in [1.54, 1.807) is 6.07 Å². The molecule has 1 heterocycles. The fourth-order valence-corrected chi connectivity index (χ4v) is 3.95. The van der Waals surface area contributed by atoms with E-state index in [4.69, 9.17) is 24.7 Å². The molecule has 2 N–H and O–H groups in total. The SMILES string of the molecule is COc1c(Oc2ccc(CCN)cc2)cc(C(=O)N2CCC(N(C)C)C2)c(OC)c1OC.Cl.Cl. The van der Waals surface area contributed by atoms with Gasteiger partial charge in [-0.25, -0.2) is 0 Å². The van der Waals surface area contributed by atoms with Crippen LogP contribution in [-0.2, 0) is 6.42 Å². The number of likely N-dealkylation sites (tertiary alicyclic amines) is 1. The molecule has 1 saturated heterocycles. The van der Waals surface area contributed by atoms with E-state index >= 15 is 0 Å². The van der Waals surface area contributed by atoms with Crippen molar-refractivity contribution >= 4 is 30.7 Å². The summed E-state index contributed by atoms with van der Waals surface area (Å²) >= 11 is 0. The number of ether oxygens (including phenoxy) is 4. The van der Waals surface area contributed by atoms with Crippen molar-refractivity contribution in [2.45, 2.75) is 18.9 Å². The van der Waals surface area contributed by atoms with E-state index in [0.29, 0.717) is 60.0 Å². The molecule has 1 amide bonds. The van der Waals surface area contributed by atoms with Crippen LogP contribution in [0.5, 0.6) is 28.7 Å². The van der Waals surface area contributed by atoms with Crippen molar-refractivity contribution in [3.05, 3.63) is 41.5 Å². The summed E-state index contributed by atoms with van der Waals surface area (Å²) in [5, 5.41) is 0. The Kier molecular flexibility index (Phi) is 11.8. The summed E-state index contributed by atoms with van der Waals surface area (Å²) in [7, 11) is 8.61. The Labute approximate surface area is 214 Å². The molecule has 3 rings (SSSR count). The fraction of sp³-hybridized carbons (Fsp3) is 0.458. The first kappa shape index (κ1) is 29.6. The number of nitrogens with two attached hydrogens (primary N) is 1. The Morgan fingerprint density at radius 3 is 2.15 bits per heavy atom. The van der Waals surface area contributed by atoms with Gasteiger partial charge >= 0.3 is 0 Å². The average molecular weight is 516 g/mol. The summed E-state index contributed by atoms with van der Waals surface area (Å²) in [6, 6.07) is 9.66. The van der Waals surface area contributed by atoms with E-state index in [-0.39, 0.29) is 30.7 Å². The molecule has 0 bridgehead atoms. The number of carbonyl (C=O) groups excluding carboxylic acids is 1. The number of halogens is 2. The predicted octanol–water partition coefficient (Wildman–Crippen LogP) is 3.63. The summed E-state index contributed by atoms with van der Waals surface area (Å²) in [6.45, 7) is 1.92. The highest BCUT2D eigenvalue weighted by atomic mass is 35.5. The molecular formula is C24H35Cl2N3O5. The zero-order valence-electron chi connectivity index (χ0n) is 20.3. The molecule has 8 nitrogen and oxygen atoms in total. The number of nitrogens with zero attached hydrogens (tertiary/aromatic N) is 2. The Morgan fingerprint density at radius 1 is 1.03 bits per heavy atom. The molecule has 0 aromatic heterocycles. The minimum atomic E-state index is -0.129. The van der Waals surface area contributed by atoms with Crippen molar-refractivity contribution in [3.63, 3.8) is 0 Å². The smallest absolute Gasteiger partial charge is 0.257 e. The normalized spacial score (nSPS) is 14.8. The largest absolute Gasteiger partial charge is 0.492 e.